The van der Waals surface area contributed by atoms with Crippen LogP contribution in [-0.4, -0.2) is 34.2 Å². The van der Waals surface area contributed by atoms with Crippen molar-refractivity contribution in [3.8, 4) is 0 Å². The van der Waals surface area contributed by atoms with Gasteiger partial charge in [-0.05, 0) is 30.6 Å². The molecule has 130 valence electrons. The average molecular weight is 360 g/mol. The number of aliphatic hydroxyl groups is 1. The Labute approximate surface area is 148 Å². The van der Waals surface area contributed by atoms with Crippen molar-refractivity contribution < 1.29 is 14.7 Å². The standard InChI is InChI=1S/C17H26ClNO3S/c1-4-14(19-22-8-6-7-18)17-15(20)10-13(11-16(17)21)9-12(3)23-5-2/h6-7,12-13,20H,4-5,8-11H2,1-3H3/b7-6+,19-14-/t12-,13+/m0/s1. The van der Waals surface area contributed by atoms with Gasteiger partial charge in [0, 0.05) is 23.6 Å². The Morgan fingerprint density at radius 1 is 1.52 bits per heavy atom. The van der Waals surface area contributed by atoms with Gasteiger partial charge in [-0.15, -0.1) is 0 Å². The third-order valence-corrected chi connectivity index (χ3v) is 4.97. The summed E-state index contributed by atoms with van der Waals surface area (Å²) in [5.74, 6) is 1.38. The van der Waals surface area contributed by atoms with Crippen molar-refractivity contribution in [1.82, 2.24) is 0 Å². The van der Waals surface area contributed by atoms with Gasteiger partial charge in [0.15, 0.2) is 5.78 Å². The van der Waals surface area contributed by atoms with Gasteiger partial charge in [0.25, 0.3) is 0 Å². The first-order valence-electron chi connectivity index (χ1n) is 8.04. The van der Waals surface area contributed by atoms with E-state index in [9.17, 15) is 9.90 Å². The summed E-state index contributed by atoms with van der Waals surface area (Å²) >= 11 is 7.30. The van der Waals surface area contributed by atoms with E-state index in [1.807, 2.05) is 18.7 Å². The number of carbonyl (C=O) groups is 1. The van der Waals surface area contributed by atoms with Crippen LogP contribution in [0.4, 0.5) is 0 Å². The molecule has 0 saturated carbocycles. The SMILES string of the molecule is CCS[C@@H](C)C[C@H]1CC(=O)C(/C(CC)=N\OC/C=C/Cl)=C(O)C1. The molecular formula is C17H26ClNO3S. The Balaban J connectivity index is 2.79. The van der Waals surface area contributed by atoms with Gasteiger partial charge in [0.2, 0.25) is 0 Å². The fraction of sp³-hybridized carbons (Fsp3) is 0.647. The molecule has 1 N–H and O–H groups in total. The maximum absolute atomic E-state index is 12.4. The summed E-state index contributed by atoms with van der Waals surface area (Å²) in [5, 5.41) is 14.8. The Bertz CT molecular complexity index is 488. The highest BCUT2D eigenvalue weighted by Crippen LogP contribution is 2.32. The quantitative estimate of drug-likeness (QED) is 0.363. The molecule has 1 aliphatic rings. The first-order chi connectivity index (χ1) is 11.0. The molecule has 0 radical (unpaired) electrons. The van der Waals surface area contributed by atoms with Gasteiger partial charge < -0.3 is 9.94 Å². The molecule has 0 aromatic carbocycles. The minimum absolute atomic E-state index is 0.0375. The molecule has 0 bridgehead atoms. The van der Waals surface area contributed by atoms with E-state index >= 15 is 0 Å². The number of hydrogen-bond donors (Lipinski definition) is 1. The van der Waals surface area contributed by atoms with Crippen LogP contribution in [0.2, 0.25) is 0 Å². The van der Waals surface area contributed by atoms with E-state index in [0.29, 0.717) is 35.8 Å². The van der Waals surface area contributed by atoms with Crippen LogP contribution in [0.5, 0.6) is 0 Å². The van der Waals surface area contributed by atoms with Crippen molar-refractivity contribution in [2.75, 3.05) is 12.4 Å². The van der Waals surface area contributed by atoms with Crippen LogP contribution < -0.4 is 0 Å². The second-order valence-electron chi connectivity index (χ2n) is 5.57. The van der Waals surface area contributed by atoms with Crippen LogP contribution in [0.15, 0.2) is 28.1 Å². The molecule has 0 unspecified atom stereocenters. The van der Waals surface area contributed by atoms with Gasteiger partial charge in [-0.25, -0.2) is 0 Å². The van der Waals surface area contributed by atoms with Crippen molar-refractivity contribution in [3.05, 3.63) is 22.9 Å². The van der Waals surface area contributed by atoms with Gasteiger partial charge in [0.1, 0.15) is 12.4 Å². The molecule has 1 rings (SSSR count). The highest BCUT2D eigenvalue weighted by Gasteiger charge is 2.31. The molecule has 0 aromatic heterocycles. The number of rotatable bonds is 9. The topological polar surface area (TPSA) is 58.9 Å². The van der Waals surface area contributed by atoms with Crippen molar-refractivity contribution in [2.45, 2.75) is 51.7 Å². The molecule has 23 heavy (non-hydrogen) atoms. The summed E-state index contributed by atoms with van der Waals surface area (Å²) in [7, 11) is 0. The summed E-state index contributed by atoms with van der Waals surface area (Å²) in [4.78, 5) is 17.6. The predicted octanol–water partition coefficient (Wildman–Crippen LogP) is 4.84. The number of thioether (sulfide) groups is 1. The number of nitrogens with zero attached hydrogens (tertiary/aromatic N) is 1. The van der Waals surface area contributed by atoms with E-state index in [-0.39, 0.29) is 24.1 Å². The first-order valence-corrected chi connectivity index (χ1v) is 9.53. The number of ketones is 1. The Morgan fingerprint density at radius 2 is 2.26 bits per heavy atom. The van der Waals surface area contributed by atoms with Crippen LogP contribution >= 0.6 is 23.4 Å². The minimum Gasteiger partial charge on any atom is -0.511 e. The summed E-state index contributed by atoms with van der Waals surface area (Å²) < 4.78 is 0. The van der Waals surface area contributed by atoms with Gasteiger partial charge in [-0.2, -0.15) is 11.8 Å². The summed E-state index contributed by atoms with van der Waals surface area (Å²) in [6.45, 7) is 6.43. The van der Waals surface area contributed by atoms with Crippen LogP contribution in [0.1, 0.15) is 46.5 Å². The number of oxime groups is 1. The van der Waals surface area contributed by atoms with E-state index < -0.39 is 0 Å². The number of carbonyl (C=O) groups excluding carboxylic acids is 1. The molecule has 0 aromatic rings. The molecule has 0 heterocycles. The van der Waals surface area contributed by atoms with Crippen molar-refractivity contribution in [2.24, 2.45) is 11.1 Å². The lowest BCUT2D eigenvalue weighted by Gasteiger charge is -2.25. The van der Waals surface area contributed by atoms with Crippen LogP contribution in [-0.2, 0) is 9.63 Å². The average Bonchev–Trinajstić information content (AvgIpc) is 2.49. The smallest absolute Gasteiger partial charge is 0.168 e. The Kier molecular flexibility index (Phi) is 9.41. The molecule has 1 aliphatic carbocycles. The van der Waals surface area contributed by atoms with E-state index in [2.05, 4.69) is 19.0 Å². The van der Waals surface area contributed by atoms with Crippen LogP contribution in [0.3, 0.4) is 0 Å². The molecule has 0 amide bonds. The van der Waals surface area contributed by atoms with Crippen molar-refractivity contribution in [1.29, 1.82) is 0 Å². The number of halogens is 1. The molecule has 0 saturated heterocycles. The van der Waals surface area contributed by atoms with E-state index in [1.54, 1.807) is 6.08 Å². The number of aliphatic hydroxyl groups excluding tert-OH is 1. The Hall–Kier alpha value is -0.940. The second kappa shape index (κ2) is 10.8. The van der Waals surface area contributed by atoms with Gasteiger partial charge in [0.05, 0.1) is 11.3 Å². The normalized spacial score (nSPS) is 21.1. The molecule has 2 atom stereocenters. The number of Topliss-reactive ketones (excluding diaryl/α,β-unsaturated/α-hetero) is 1. The molecule has 6 heteroatoms. The van der Waals surface area contributed by atoms with Gasteiger partial charge in [-0.3, -0.25) is 4.79 Å². The predicted molar refractivity (Wildman–Crippen MR) is 98.3 cm³/mol. The summed E-state index contributed by atoms with van der Waals surface area (Å²) in [6.07, 6.45) is 4.09. The molecular weight excluding hydrogens is 334 g/mol. The lowest BCUT2D eigenvalue weighted by Crippen LogP contribution is -2.26. The largest absolute Gasteiger partial charge is 0.511 e. The fourth-order valence-corrected chi connectivity index (χ4v) is 3.82. The molecule has 0 spiro atoms. The Morgan fingerprint density at radius 3 is 2.83 bits per heavy atom. The van der Waals surface area contributed by atoms with E-state index in [1.165, 1.54) is 5.54 Å². The lowest BCUT2D eigenvalue weighted by atomic mass is 9.82. The van der Waals surface area contributed by atoms with E-state index in [4.69, 9.17) is 16.4 Å². The molecule has 0 aliphatic heterocycles. The molecule has 4 nitrogen and oxygen atoms in total. The third-order valence-electron chi connectivity index (χ3n) is 3.70. The highest BCUT2D eigenvalue weighted by molar-refractivity contribution is 7.99. The zero-order valence-electron chi connectivity index (χ0n) is 14.0. The minimum atomic E-state index is -0.0375. The maximum Gasteiger partial charge on any atom is 0.168 e. The van der Waals surface area contributed by atoms with E-state index in [0.717, 1.165) is 12.2 Å². The van der Waals surface area contributed by atoms with Crippen molar-refractivity contribution in [3.63, 3.8) is 0 Å². The highest BCUT2D eigenvalue weighted by atomic mass is 35.5. The van der Waals surface area contributed by atoms with Crippen LogP contribution in [0.25, 0.3) is 0 Å². The third kappa shape index (κ3) is 6.60. The second-order valence-corrected chi connectivity index (χ2v) is 7.54. The molecule has 0 fully saturated rings. The van der Waals surface area contributed by atoms with Gasteiger partial charge in [-0.1, -0.05) is 37.5 Å². The first kappa shape index (κ1) is 20.1. The lowest BCUT2D eigenvalue weighted by molar-refractivity contribution is -0.116. The monoisotopic (exact) mass is 359 g/mol. The zero-order chi connectivity index (χ0) is 17.2. The maximum atomic E-state index is 12.4. The summed E-state index contributed by atoms with van der Waals surface area (Å²) in [5.41, 5.74) is 2.20. The van der Waals surface area contributed by atoms with Crippen LogP contribution in [0, 0.1) is 5.92 Å². The van der Waals surface area contributed by atoms with Gasteiger partial charge >= 0.3 is 0 Å². The zero-order valence-corrected chi connectivity index (χ0v) is 15.6. The summed E-state index contributed by atoms with van der Waals surface area (Å²) in [6, 6.07) is 0. The number of hydrogen-bond acceptors (Lipinski definition) is 5. The fourth-order valence-electron chi connectivity index (χ4n) is 2.77. The van der Waals surface area contributed by atoms with Crippen molar-refractivity contribution >= 4 is 34.9 Å². The number of allylic oxidation sites excluding steroid dienone is 2.